The summed E-state index contributed by atoms with van der Waals surface area (Å²) in [6.07, 6.45) is 8.43. The van der Waals surface area contributed by atoms with Crippen molar-refractivity contribution >= 4 is 5.91 Å². The summed E-state index contributed by atoms with van der Waals surface area (Å²) in [7, 11) is 0. The van der Waals surface area contributed by atoms with Crippen LogP contribution in [0, 0.1) is 0 Å². The summed E-state index contributed by atoms with van der Waals surface area (Å²) >= 11 is 0. The number of aryl methyl sites for hydroxylation is 1. The van der Waals surface area contributed by atoms with Crippen molar-refractivity contribution in [1.29, 1.82) is 0 Å². The number of rotatable bonds is 4. The molecular formula is C20H23N5O. The molecule has 0 aliphatic carbocycles. The van der Waals surface area contributed by atoms with Crippen LogP contribution in [0.1, 0.15) is 47.3 Å². The Balaban J connectivity index is 1.59. The minimum absolute atomic E-state index is 0.0688. The largest absolute Gasteiger partial charge is 0.345 e. The quantitative estimate of drug-likeness (QED) is 0.758. The third kappa shape index (κ3) is 3.03. The number of nitrogens with one attached hydrogen (secondary N) is 2. The highest BCUT2D eigenvalue weighted by molar-refractivity contribution is 6.00. The second-order valence-electron chi connectivity index (χ2n) is 6.74. The Kier molecular flexibility index (Phi) is 4.56. The SMILES string of the molecule is CCc1cn[nH]c1C1CCCN(C(=O)c2ccccc2-c2ncc[nH]2)C1. The van der Waals surface area contributed by atoms with Crippen LogP contribution >= 0.6 is 0 Å². The van der Waals surface area contributed by atoms with Gasteiger partial charge in [-0.05, 0) is 30.9 Å². The molecule has 1 aliphatic rings. The molecule has 2 N–H and O–H groups in total. The van der Waals surface area contributed by atoms with Gasteiger partial charge in [0.05, 0.1) is 11.8 Å². The van der Waals surface area contributed by atoms with Crippen molar-refractivity contribution in [3.63, 3.8) is 0 Å². The summed E-state index contributed by atoms with van der Waals surface area (Å²) in [5.41, 5.74) is 3.98. The van der Waals surface area contributed by atoms with Crippen molar-refractivity contribution in [2.45, 2.75) is 32.1 Å². The zero-order valence-corrected chi connectivity index (χ0v) is 14.9. The Morgan fingerprint density at radius 2 is 2.23 bits per heavy atom. The average Bonchev–Trinajstić information content (AvgIpc) is 3.39. The van der Waals surface area contributed by atoms with Crippen LogP contribution in [0.5, 0.6) is 0 Å². The summed E-state index contributed by atoms with van der Waals surface area (Å²) in [6, 6.07) is 7.67. The molecule has 3 aromatic rings. The van der Waals surface area contributed by atoms with Crippen LogP contribution in [0.4, 0.5) is 0 Å². The standard InChI is InChI=1S/C20H23N5O/c1-2-14-12-23-24-18(14)15-6-5-11-25(13-15)20(26)17-8-4-3-7-16(17)19-21-9-10-22-19/h3-4,7-10,12,15H,2,5-6,11,13H2,1H3,(H,21,22)(H,23,24). The molecule has 0 radical (unpaired) electrons. The van der Waals surface area contributed by atoms with Gasteiger partial charge in [0.1, 0.15) is 5.82 Å². The number of amides is 1. The fourth-order valence-electron chi connectivity index (χ4n) is 3.81. The van der Waals surface area contributed by atoms with Gasteiger partial charge in [-0.25, -0.2) is 4.98 Å². The smallest absolute Gasteiger partial charge is 0.254 e. The van der Waals surface area contributed by atoms with Gasteiger partial charge < -0.3 is 9.88 Å². The van der Waals surface area contributed by atoms with Gasteiger partial charge in [0.2, 0.25) is 0 Å². The number of likely N-dealkylation sites (tertiary alicyclic amines) is 1. The third-order valence-electron chi connectivity index (χ3n) is 5.16. The molecule has 1 atom stereocenters. The van der Waals surface area contributed by atoms with Crippen LogP contribution < -0.4 is 0 Å². The van der Waals surface area contributed by atoms with Gasteiger partial charge in [-0.15, -0.1) is 0 Å². The molecule has 2 aromatic heterocycles. The van der Waals surface area contributed by atoms with Gasteiger partial charge in [-0.2, -0.15) is 5.10 Å². The highest BCUT2D eigenvalue weighted by Crippen LogP contribution is 2.30. The topological polar surface area (TPSA) is 77.7 Å². The van der Waals surface area contributed by atoms with Crippen molar-refractivity contribution in [1.82, 2.24) is 25.1 Å². The monoisotopic (exact) mass is 349 g/mol. The van der Waals surface area contributed by atoms with Crippen molar-refractivity contribution < 1.29 is 4.79 Å². The molecule has 6 nitrogen and oxygen atoms in total. The summed E-state index contributed by atoms with van der Waals surface area (Å²) < 4.78 is 0. The van der Waals surface area contributed by atoms with Crippen LogP contribution in [0.15, 0.2) is 42.9 Å². The van der Waals surface area contributed by atoms with E-state index in [1.165, 1.54) is 11.3 Å². The maximum absolute atomic E-state index is 13.2. The Morgan fingerprint density at radius 1 is 1.35 bits per heavy atom. The lowest BCUT2D eigenvalue weighted by Crippen LogP contribution is -2.39. The van der Waals surface area contributed by atoms with Crippen LogP contribution in [-0.2, 0) is 6.42 Å². The Bertz CT molecular complexity index is 883. The van der Waals surface area contributed by atoms with Gasteiger partial charge >= 0.3 is 0 Å². The first-order valence-electron chi connectivity index (χ1n) is 9.18. The van der Waals surface area contributed by atoms with Crippen LogP contribution in [-0.4, -0.2) is 44.1 Å². The number of nitrogens with zero attached hydrogens (tertiary/aromatic N) is 3. The predicted octanol–water partition coefficient (Wildman–Crippen LogP) is 3.38. The zero-order valence-electron chi connectivity index (χ0n) is 14.9. The molecule has 1 unspecified atom stereocenters. The first-order chi connectivity index (χ1) is 12.8. The second-order valence-corrected chi connectivity index (χ2v) is 6.74. The van der Waals surface area contributed by atoms with E-state index in [9.17, 15) is 4.79 Å². The number of H-pyrrole nitrogens is 2. The van der Waals surface area contributed by atoms with Gasteiger partial charge in [0.15, 0.2) is 0 Å². The van der Waals surface area contributed by atoms with E-state index in [0.29, 0.717) is 11.5 Å². The minimum Gasteiger partial charge on any atom is -0.345 e. The Labute approximate surface area is 152 Å². The summed E-state index contributed by atoms with van der Waals surface area (Å²) in [6.45, 7) is 3.65. The summed E-state index contributed by atoms with van der Waals surface area (Å²) in [5, 5.41) is 7.36. The van der Waals surface area contributed by atoms with Crippen molar-refractivity contribution in [3.05, 3.63) is 59.7 Å². The number of carbonyl (C=O) groups is 1. The second kappa shape index (κ2) is 7.15. The van der Waals surface area contributed by atoms with Crippen LogP contribution in [0.25, 0.3) is 11.4 Å². The molecule has 0 spiro atoms. The van der Waals surface area contributed by atoms with Gasteiger partial charge in [0.25, 0.3) is 5.91 Å². The zero-order chi connectivity index (χ0) is 17.9. The number of benzene rings is 1. The normalized spacial score (nSPS) is 17.4. The molecule has 26 heavy (non-hydrogen) atoms. The van der Waals surface area contributed by atoms with Gasteiger partial charge in [0, 0.05) is 42.7 Å². The lowest BCUT2D eigenvalue weighted by atomic mass is 9.91. The Hall–Kier alpha value is -2.89. The molecule has 134 valence electrons. The average molecular weight is 349 g/mol. The fraction of sp³-hybridized carbons (Fsp3) is 0.350. The summed E-state index contributed by atoms with van der Waals surface area (Å²) in [5.74, 6) is 1.12. The summed E-state index contributed by atoms with van der Waals surface area (Å²) in [4.78, 5) is 22.6. The van der Waals surface area contributed by atoms with E-state index in [1.54, 1.807) is 12.4 Å². The molecule has 0 saturated carbocycles. The van der Waals surface area contributed by atoms with Crippen LogP contribution in [0.2, 0.25) is 0 Å². The molecule has 1 saturated heterocycles. The third-order valence-corrected chi connectivity index (χ3v) is 5.16. The molecule has 1 aliphatic heterocycles. The van der Waals surface area contributed by atoms with Crippen LogP contribution in [0.3, 0.4) is 0 Å². The van der Waals surface area contributed by atoms with E-state index in [2.05, 4.69) is 27.1 Å². The number of imidazole rings is 1. The molecule has 6 heteroatoms. The maximum atomic E-state index is 13.2. The maximum Gasteiger partial charge on any atom is 0.254 e. The van der Waals surface area contributed by atoms with Crippen molar-refractivity contribution in [2.75, 3.05) is 13.1 Å². The number of aromatic amines is 2. The van der Waals surface area contributed by atoms with Gasteiger partial charge in [-0.3, -0.25) is 9.89 Å². The van der Waals surface area contributed by atoms with Gasteiger partial charge in [-0.1, -0.05) is 25.1 Å². The number of carbonyl (C=O) groups excluding carboxylic acids is 1. The number of hydrogen-bond acceptors (Lipinski definition) is 3. The lowest BCUT2D eigenvalue weighted by molar-refractivity contribution is 0.0706. The van der Waals surface area contributed by atoms with E-state index in [-0.39, 0.29) is 5.91 Å². The molecule has 3 heterocycles. The van der Waals surface area contributed by atoms with E-state index in [0.717, 1.165) is 43.7 Å². The highest BCUT2D eigenvalue weighted by Gasteiger charge is 2.28. The molecule has 1 amide bonds. The van der Waals surface area contributed by atoms with E-state index in [4.69, 9.17) is 0 Å². The first-order valence-corrected chi connectivity index (χ1v) is 9.18. The lowest BCUT2D eigenvalue weighted by Gasteiger charge is -2.33. The molecule has 4 rings (SSSR count). The Morgan fingerprint density at radius 3 is 3.04 bits per heavy atom. The number of hydrogen-bond donors (Lipinski definition) is 2. The minimum atomic E-state index is 0.0688. The molecule has 0 bridgehead atoms. The van der Waals surface area contributed by atoms with E-state index >= 15 is 0 Å². The number of aromatic nitrogens is 4. The van der Waals surface area contributed by atoms with E-state index < -0.39 is 0 Å². The predicted molar refractivity (Wildman–Crippen MR) is 99.9 cm³/mol. The molecule has 1 fully saturated rings. The molecular weight excluding hydrogens is 326 g/mol. The van der Waals surface area contributed by atoms with E-state index in [1.807, 2.05) is 35.4 Å². The highest BCUT2D eigenvalue weighted by atomic mass is 16.2. The molecule has 1 aromatic carbocycles. The fourth-order valence-corrected chi connectivity index (χ4v) is 3.81. The van der Waals surface area contributed by atoms with Crippen molar-refractivity contribution in [2.24, 2.45) is 0 Å². The number of piperidine rings is 1. The van der Waals surface area contributed by atoms with Crippen molar-refractivity contribution in [3.8, 4) is 11.4 Å². The first kappa shape index (κ1) is 16.6.